The number of aromatic nitrogens is 4. The second kappa shape index (κ2) is 11.4. The van der Waals surface area contributed by atoms with E-state index in [0.29, 0.717) is 4.90 Å². The normalized spacial score (nSPS) is 31.6. The van der Waals surface area contributed by atoms with Crippen LogP contribution in [0.1, 0.15) is 44.4 Å². The third-order valence-corrected chi connectivity index (χ3v) is 11.7. The third-order valence-electron chi connectivity index (χ3n) is 7.81. The van der Waals surface area contributed by atoms with Crippen LogP contribution in [0.4, 0.5) is 5.95 Å². The Bertz CT molecular complexity index is 1530. The number of nitrogens with one attached hydrogen (secondary N) is 1. The van der Waals surface area contributed by atoms with Crippen LogP contribution in [0, 0.1) is 0 Å². The molecule has 4 heterocycles. The summed E-state index contributed by atoms with van der Waals surface area (Å²) in [5.74, 6) is -0.410. The Morgan fingerprint density at radius 2 is 2.07 bits per heavy atom. The number of hydrogen-bond acceptors (Lipinski definition) is 13. The molecule has 14 nitrogen and oxygen atoms in total. The number of aliphatic hydroxyl groups excluding tert-OH is 1. The molecule has 6 atom stereocenters. The summed E-state index contributed by atoms with van der Waals surface area (Å²) >= 11 is 0.989. The number of benzene rings is 1. The van der Waals surface area contributed by atoms with Gasteiger partial charge in [0.2, 0.25) is 11.8 Å². The maximum absolute atomic E-state index is 14.1. The highest BCUT2D eigenvalue weighted by atomic mass is 32.7. The van der Waals surface area contributed by atoms with Crippen molar-refractivity contribution >= 4 is 41.2 Å². The molecule has 226 valence electrons. The molecule has 2 aliphatic heterocycles. The lowest BCUT2D eigenvalue weighted by Gasteiger charge is -2.27. The first-order valence-electron chi connectivity index (χ1n) is 13.7. The number of anilines is 1. The van der Waals surface area contributed by atoms with E-state index in [1.54, 1.807) is 0 Å². The van der Waals surface area contributed by atoms with Gasteiger partial charge in [0.1, 0.15) is 30.0 Å². The van der Waals surface area contributed by atoms with E-state index in [1.165, 1.54) is 24.9 Å². The average Bonchev–Trinajstić information content (AvgIpc) is 3.64. The molecule has 5 N–H and O–H groups in total. The van der Waals surface area contributed by atoms with Gasteiger partial charge in [-0.25, -0.2) is 10.1 Å². The van der Waals surface area contributed by atoms with E-state index >= 15 is 0 Å². The minimum absolute atomic E-state index is 0.0741. The van der Waals surface area contributed by atoms with Gasteiger partial charge in [-0.05, 0) is 55.6 Å². The molecule has 42 heavy (non-hydrogen) atoms. The van der Waals surface area contributed by atoms with Crippen LogP contribution in [-0.4, -0.2) is 79.4 Å². The van der Waals surface area contributed by atoms with Crippen molar-refractivity contribution in [3.8, 4) is 5.88 Å². The Balaban J connectivity index is 1.22. The van der Waals surface area contributed by atoms with Crippen molar-refractivity contribution in [1.82, 2.24) is 24.6 Å². The molecule has 0 amide bonds. The van der Waals surface area contributed by atoms with Crippen molar-refractivity contribution in [3.05, 3.63) is 36.2 Å². The zero-order chi connectivity index (χ0) is 29.6. The third kappa shape index (κ3) is 5.50. The highest BCUT2D eigenvalue weighted by Crippen LogP contribution is 2.62. The van der Waals surface area contributed by atoms with Crippen molar-refractivity contribution in [1.29, 1.82) is 0 Å². The number of hydrogen-bond donors (Lipinski definition) is 4. The van der Waals surface area contributed by atoms with Crippen LogP contribution in [-0.2, 0) is 29.8 Å². The largest absolute Gasteiger partial charge is 0.479 e. The summed E-state index contributed by atoms with van der Waals surface area (Å²) in [7, 11) is 1.42. The standard InChI is InChI=1S/C26H33N6O8PS/c1-26(35)20(33)17(40-24(26)32-13-28-19-21(32)29-25(27)30-22(19)37-2)12-38-41(36)31-16(23(34)39-15-8-4-5-9-15)11-14-7-3-6-10-18(14)42-41/h3,6-7,10,13,15-17,20,24,33,35H,4-5,8-9,11-12H2,1-2H3,(H,31,36)(H2,27,29,30)/t16?,17?,20-,24-,26-,41+/m1/s1. The Kier molecular flexibility index (Phi) is 7.94. The van der Waals surface area contributed by atoms with E-state index in [9.17, 15) is 19.6 Å². The van der Waals surface area contributed by atoms with E-state index < -0.39 is 42.8 Å². The quantitative estimate of drug-likeness (QED) is 0.222. The fourth-order valence-corrected chi connectivity index (χ4v) is 9.56. The molecule has 16 heteroatoms. The van der Waals surface area contributed by atoms with Gasteiger partial charge in [-0.15, -0.1) is 0 Å². The van der Waals surface area contributed by atoms with Crippen LogP contribution >= 0.6 is 18.1 Å². The van der Waals surface area contributed by atoms with E-state index in [1.807, 2.05) is 24.3 Å². The highest BCUT2D eigenvalue weighted by molar-refractivity contribution is 8.56. The monoisotopic (exact) mass is 620 g/mol. The van der Waals surface area contributed by atoms with Gasteiger partial charge in [-0.2, -0.15) is 9.97 Å². The number of nitrogens with zero attached hydrogens (tertiary/aromatic N) is 4. The number of ether oxygens (including phenoxy) is 3. The van der Waals surface area contributed by atoms with E-state index in [4.69, 9.17) is 24.5 Å². The van der Waals surface area contributed by atoms with Crippen LogP contribution in [0.15, 0.2) is 35.5 Å². The maximum atomic E-state index is 14.1. The minimum atomic E-state index is -3.78. The lowest BCUT2D eigenvalue weighted by molar-refractivity contribution is -0.150. The van der Waals surface area contributed by atoms with E-state index in [0.717, 1.165) is 42.6 Å². The molecule has 3 aromatic rings. The fraction of sp³-hybridized carbons (Fsp3) is 0.538. The molecule has 0 spiro atoms. The summed E-state index contributed by atoms with van der Waals surface area (Å²) in [6.45, 7) is -2.73. The lowest BCUT2D eigenvalue weighted by atomic mass is 9.96. The molecule has 2 unspecified atom stereocenters. The molecule has 0 bridgehead atoms. The molecular weight excluding hydrogens is 587 g/mol. The second-order valence-corrected chi connectivity index (χ2v) is 15.0. The predicted octanol–water partition coefficient (Wildman–Crippen LogP) is 2.34. The van der Waals surface area contributed by atoms with Crippen molar-refractivity contribution < 1.29 is 38.3 Å². The number of fused-ring (bicyclic) bond motifs is 2. The highest BCUT2D eigenvalue weighted by Gasteiger charge is 2.54. The van der Waals surface area contributed by atoms with Crippen LogP contribution in [0.5, 0.6) is 5.88 Å². The smallest absolute Gasteiger partial charge is 0.332 e. The molecule has 3 aliphatic rings. The Morgan fingerprint density at radius 1 is 1.31 bits per heavy atom. The number of aliphatic hydroxyl groups is 2. The molecule has 1 aliphatic carbocycles. The van der Waals surface area contributed by atoms with Crippen LogP contribution in [0.2, 0.25) is 0 Å². The van der Waals surface area contributed by atoms with Crippen LogP contribution < -0.4 is 15.6 Å². The predicted molar refractivity (Wildman–Crippen MR) is 152 cm³/mol. The summed E-state index contributed by atoms with van der Waals surface area (Å²) in [5, 5.41) is 25.3. The van der Waals surface area contributed by atoms with Gasteiger partial charge in [-0.3, -0.25) is 13.9 Å². The first-order chi connectivity index (χ1) is 20.1. The van der Waals surface area contributed by atoms with Crippen molar-refractivity contribution in [2.24, 2.45) is 0 Å². The molecule has 2 aromatic heterocycles. The van der Waals surface area contributed by atoms with Gasteiger partial charge < -0.3 is 34.7 Å². The summed E-state index contributed by atoms with van der Waals surface area (Å²) < 4.78 is 38.5. The van der Waals surface area contributed by atoms with E-state index in [-0.39, 0.29) is 42.1 Å². The maximum Gasteiger partial charge on any atom is 0.332 e. The van der Waals surface area contributed by atoms with Gasteiger partial charge in [0.15, 0.2) is 17.4 Å². The molecule has 1 saturated carbocycles. The Hall–Kier alpha value is -2.78. The Morgan fingerprint density at radius 3 is 2.83 bits per heavy atom. The summed E-state index contributed by atoms with van der Waals surface area (Å²) in [6.07, 6.45) is 1.45. The lowest BCUT2D eigenvalue weighted by Crippen LogP contribution is -2.44. The zero-order valence-electron chi connectivity index (χ0n) is 23.1. The van der Waals surface area contributed by atoms with Gasteiger partial charge in [0.25, 0.3) is 0 Å². The summed E-state index contributed by atoms with van der Waals surface area (Å²) in [4.78, 5) is 26.3. The number of nitrogen functional groups attached to an aromatic ring is 1. The first kappa shape index (κ1) is 29.3. The SMILES string of the molecule is COc1nc(N)nc2c1ncn2[C@@H]1OC(CO[P@@]2(=O)NC(C(=O)OC3CCCC3)Cc3ccccc3S2)[C@@H](O)[C@@]1(C)O. The number of esters is 1. The van der Waals surface area contributed by atoms with Crippen molar-refractivity contribution in [3.63, 3.8) is 0 Å². The molecule has 1 aromatic carbocycles. The molecule has 0 radical (unpaired) electrons. The fourth-order valence-electron chi connectivity index (χ4n) is 5.60. The topological polar surface area (TPSA) is 193 Å². The molecular formula is C26H33N6O8PS. The number of carbonyl (C=O) groups excluding carboxylic acids is 1. The van der Waals surface area contributed by atoms with Gasteiger partial charge in [0.05, 0.1) is 20.0 Å². The van der Waals surface area contributed by atoms with Gasteiger partial charge in [0, 0.05) is 11.3 Å². The average molecular weight is 621 g/mol. The van der Waals surface area contributed by atoms with Crippen LogP contribution in [0.25, 0.3) is 11.2 Å². The van der Waals surface area contributed by atoms with Crippen LogP contribution in [0.3, 0.4) is 0 Å². The van der Waals surface area contributed by atoms with E-state index in [2.05, 4.69) is 20.0 Å². The summed E-state index contributed by atoms with van der Waals surface area (Å²) in [5.41, 5.74) is 5.36. The molecule has 1 saturated heterocycles. The number of imidazole rings is 1. The zero-order valence-corrected chi connectivity index (χ0v) is 24.8. The molecule has 6 rings (SSSR count). The van der Waals surface area contributed by atoms with Crippen molar-refractivity contribution in [2.75, 3.05) is 19.5 Å². The van der Waals surface area contributed by atoms with Gasteiger partial charge >= 0.3 is 12.7 Å². The number of nitrogens with two attached hydrogens (primary N) is 1. The Labute approximate surface area is 245 Å². The summed E-state index contributed by atoms with van der Waals surface area (Å²) in [6, 6.07) is 6.47. The number of carbonyl (C=O) groups is 1. The second-order valence-electron chi connectivity index (χ2n) is 10.8. The number of methoxy groups -OCH3 is 1. The number of rotatable bonds is 7. The molecule has 2 fully saturated rings. The first-order valence-corrected chi connectivity index (χ1v) is 16.7. The van der Waals surface area contributed by atoms with Gasteiger partial charge in [-0.1, -0.05) is 18.2 Å². The van der Waals surface area contributed by atoms with Crippen molar-refractivity contribution in [2.45, 2.75) is 80.1 Å². The minimum Gasteiger partial charge on any atom is -0.479 e.